The van der Waals surface area contributed by atoms with Crippen molar-refractivity contribution in [2.45, 2.75) is 51.4 Å². The van der Waals surface area contributed by atoms with Gasteiger partial charge in [-0.1, -0.05) is 42.5 Å². The Morgan fingerprint density at radius 2 is 1.85 bits per heavy atom. The van der Waals surface area contributed by atoms with E-state index in [1.165, 1.54) is 0 Å². The van der Waals surface area contributed by atoms with Gasteiger partial charge in [-0.15, -0.1) is 0 Å². The quantitative estimate of drug-likeness (QED) is 0.243. The number of ether oxygens (including phenoxy) is 1. The van der Waals surface area contributed by atoms with E-state index in [-0.39, 0.29) is 11.8 Å². The molecule has 8 nitrogen and oxygen atoms in total. The fourth-order valence-corrected chi connectivity index (χ4v) is 5.50. The Morgan fingerprint density at radius 1 is 1.05 bits per heavy atom. The fourth-order valence-electron chi connectivity index (χ4n) is 5.50. The molecule has 4 aromatic rings. The van der Waals surface area contributed by atoms with Crippen molar-refractivity contribution in [3.05, 3.63) is 95.7 Å². The van der Waals surface area contributed by atoms with Gasteiger partial charge in [0.1, 0.15) is 5.75 Å². The predicted octanol–water partition coefficient (Wildman–Crippen LogP) is 4.29. The molecule has 1 aliphatic rings. The van der Waals surface area contributed by atoms with E-state index in [9.17, 15) is 14.7 Å². The summed E-state index contributed by atoms with van der Waals surface area (Å²) in [5.74, 6) is 0.573. The highest BCUT2D eigenvalue weighted by Crippen LogP contribution is 2.32. The molecule has 0 unspecified atom stereocenters. The Kier molecular flexibility index (Phi) is 9.01. The van der Waals surface area contributed by atoms with Gasteiger partial charge < -0.3 is 29.9 Å². The van der Waals surface area contributed by atoms with Crippen LogP contribution in [0.3, 0.4) is 0 Å². The molecule has 2 amide bonds. The summed E-state index contributed by atoms with van der Waals surface area (Å²) in [6.07, 6.45) is 2.94. The summed E-state index contributed by atoms with van der Waals surface area (Å²) in [7, 11) is 1.64. The number of carbonyl (C=O) groups excluding carboxylic acids is 2. The Hall–Kier alpha value is -4.14. The first kappa shape index (κ1) is 28.4. The number of fused-ring (bicyclic) bond motifs is 1. The Labute approximate surface area is 240 Å². The summed E-state index contributed by atoms with van der Waals surface area (Å²) in [4.78, 5) is 28.2. The molecule has 0 bridgehead atoms. The Bertz CT molecular complexity index is 1500. The second-order valence-corrected chi connectivity index (χ2v) is 10.5. The zero-order valence-corrected chi connectivity index (χ0v) is 23.7. The van der Waals surface area contributed by atoms with Crippen LogP contribution in [0.2, 0.25) is 0 Å². The van der Waals surface area contributed by atoms with E-state index in [4.69, 9.17) is 4.74 Å². The van der Waals surface area contributed by atoms with E-state index >= 15 is 0 Å². The number of hydrogen-bond donors (Lipinski definition) is 3. The third kappa shape index (κ3) is 6.61. The third-order valence-electron chi connectivity index (χ3n) is 7.73. The van der Waals surface area contributed by atoms with Crippen LogP contribution < -0.4 is 20.3 Å². The summed E-state index contributed by atoms with van der Waals surface area (Å²) in [6, 6.07) is 22.8. The minimum atomic E-state index is -0.840. The summed E-state index contributed by atoms with van der Waals surface area (Å²) in [5, 5.41) is 18.7. The molecule has 0 saturated carbocycles. The number of aliphatic hydroxyl groups is 1. The monoisotopic (exact) mass is 554 g/mol. The van der Waals surface area contributed by atoms with E-state index in [0.29, 0.717) is 38.0 Å². The summed E-state index contributed by atoms with van der Waals surface area (Å²) in [6.45, 7) is 4.29. The lowest BCUT2D eigenvalue weighted by Gasteiger charge is -2.25. The van der Waals surface area contributed by atoms with Crippen LogP contribution in [0.1, 0.15) is 41.3 Å². The number of anilines is 1. The first-order valence-corrected chi connectivity index (χ1v) is 14.3. The zero-order valence-electron chi connectivity index (χ0n) is 23.7. The van der Waals surface area contributed by atoms with Gasteiger partial charge in [0.2, 0.25) is 5.91 Å². The van der Waals surface area contributed by atoms with Crippen LogP contribution in [0, 0.1) is 0 Å². The normalized spacial score (nSPS) is 14.8. The summed E-state index contributed by atoms with van der Waals surface area (Å²) >= 11 is 0. The van der Waals surface area contributed by atoms with Gasteiger partial charge in [0.05, 0.1) is 30.5 Å². The van der Waals surface area contributed by atoms with Crippen molar-refractivity contribution >= 4 is 28.4 Å². The second-order valence-electron chi connectivity index (χ2n) is 10.5. The number of aryl methyl sites for hydroxylation is 1. The predicted molar refractivity (Wildman–Crippen MR) is 161 cm³/mol. The number of nitrogens with zero attached hydrogens (tertiary/aromatic N) is 2. The molecule has 3 aromatic carbocycles. The maximum absolute atomic E-state index is 13.8. The highest BCUT2D eigenvalue weighted by atomic mass is 16.5. The van der Waals surface area contributed by atoms with Gasteiger partial charge >= 0.3 is 0 Å². The molecule has 3 N–H and O–H groups in total. The minimum absolute atomic E-state index is 0.0765. The van der Waals surface area contributed by atoms with E-state index < -0.39 is 12.1 Å². The average Bonchev–Trinajstić information content (AvgIpc) is 3.62. The van der Waals surface area contributed by atoms with E-state index in [0.717, 1.165) is 46.4 Å². The molecule has 0 spiro atoms. The number of methoxy groups -OCH3 is 1. The molecule has 41 heavy (non-hydrogen) atoms. The van der Waals surface area contributed by atoms with Crippen molar-refractivity contribution in [2.24, 2.45) is 0 Å². The molecular weight excluding hydrogens is 516 g/mol. The third-order valence-corrected chi connectivity index (χ3v) is 7.73. The number of aromatic nitrogens is 1. The van der Waals surface area contributed by atoms with Gasteiger partial charge in [-0.25, -0.2) is 0 Å². The van der Waals surface area contributed by atoms with Crippen LogP contribution in [0.5, 0.6) is 5.75 Å². The zero-order chi connectivity index (χ0) is 28.8. The number of nitrogens with one attached hydrogen (secondary N) is 2. The van der Waals surface area contributed by atoms with Crippen LogP contribution in [0.25, 0.3) is 10.9 Å². The molecule has 1 aromatic heterocycles. The lowest BCUT2D eigenvalue weighted by molar-refractivity contribution is -0.117. The van der Waals surface area contributed by atoms with Crippen LogP contribution in [0.4, 0.5) is 5.69 Å². The van der Waals surface area contributed by atoms with Crippen molar-refractivity contribution in [1.29, 1.82) is 0 Å². The molecule has 2 heterocycles. The van der Waals surface area contributed by atoms with Gasteiger partial charge in [-0.05, 0) is 61.2 Å². The van der Waals surface area contributed by atoms with Gasteiger partial charge in [0.15, 0.2) is 0 Å². The number of amides is 2. The largest absolute Gasteiger partial charge is 0.497 e. The number of rotatable bonds is 12. The van der Waals surface area contributed by atoms with E-state index in [1.54, 1.807) is 12.0 Å². The molecule has 2 atom stereocenters. The van der Waals surface area contributed by atoms with Crippen LogP contribution in [-0.4, -0.2) is 53.8 Å². The lowest BCUT2D eigenvalue weighted by Crippen LogP contribution is -2.48. The van der Waals surface area contributed by atoms with Gasteiger partial charge in [0, 0.05) is 49.7 Å². The van der Waals surface area contributed by atoms with Gasteiger partial charge in [-0.2, -0.15) is 0 Å². The second kappa shape index (κ2) is 13.0. The van der Waals surface area contributed by atoms with Crippen molar-refractivity contribution < 1.29 is 19.4 Å². The molecule has 1 fully saturated rings. The first-order chi connectivity index (χ1) is 20.0. The topological polar surface area (TPSA) is 95.8 Å². The van der Waals surface area contributed by atoms with Gasteiger partial charge in [0.25, 0.3) is 5.91 Å². The Balaban J connectivity index is 1.37. The lowest BCUT2D eigenvalue weighted by atomic mass is 10.00. The molecule has 1 aliphatic heterocycles. The number of aliphatic hydroxyl groups excluding tert-OH is 1. The number of benzene rings is 3. The SMILES string of the molecule is CCn1ccc2c(N3CCCC3=O)cc(C(=O)N[C@@H](Cc3ccccc3)[C@@H](O)CNCc3cccc(OC)c3)cc21. The van der Waals surface area contributed by atoms with Crippen molar-refractivity contribution in [3.8, 4) is 5.75 Å². The highest BCUT2D eigenvalue weighted by molar-refractivity contribution is 6.08. The fraction of sp³-hybridized carbons (Fsp3) is 0.333. The number of carbonyl (C=O) groups is 2. The molecular formula is C33H38N4O4. The maximum Gasteiger partial charge on any atom is 0.251 e. The van der Waals surface area contributed by atoms with Crippen LogP contribution >= 0.6 is 0 Å². The Morgan fingerprint density at radius 3 is 2.59 bits per heavy atom. The number of hydrogen-bond acceptors (Lipinski definition) is 5. The standard InChI is InChI=1S/C33H38N4O4/c1-3-36-16-14-27-29(36)19-25(20-30(27)37-15-8-13-32(37)39)33(40)35-28(18-23-9-5-4-6-10-23)31(38)22-34-21-24-11-7-12-26(17-24)41-2/h4-7,9-12,14,16-17,19-20,28,31,34,38H,3,8,13,15,18,21-22H2,1-2H3,(H,35,40)/t28-,31-/m0/s1. The minimum Gasteiger partial charge on any atom is -0.497 e. The van der Waals surface area contributed by atoms with Crippen molar-refractivity contribution in [2.75, 3.05) is 25.1 Å². The molecule has 0 radical (unpaired) electrons. The first-order valence-electron chi connectivity index (χ1n) is 14.3. The molecule has 214 valence electrons. The van der Waals surface area contributed by atoms with Gasteiger partial charge in [-0.3, -0.25) is 9.59 Å². The van der Waals surface area contributed by atoms with E-state index in [1.807, 2.05) is 79.0 Å². The molecule has 5 rings (SSSR count). The van der Waals surface area contributed by atoms with Crippen molar-refractivity contribution in [3.63, 3.8) is 0 Å². The summed E-state index contributed by atoms with van der Waals surface area (Å²) < 4.78 is 7.39. The smallest absolute Gasteiger partial charge is 0.251 e. The molecule has 0 aliphatic carbocycles. The maximum atomic E-state index is 13.8. The summed E-state index contributed by atoms with van der Waals surface area (Å²) in [5.41, 5.74) is 4.20. The molecule has 1 saturated heterocycles. The average molecular weight is 555 g/mol. The van der Waals surface area contributed by atoms with Crippen LogP contribution in [-0.2, 0) is 24.3 Å². The van der Waals surface area contributed by atoms with Crippen molar-refractivity contribution in [1.82, 2.24) is 15.2 Å². The molecule has 8 heteroatoms. The van der Waals surface area contributed by atoms with Crippen LogP contribution in [0.15, 0.2) is 79.0 Å². The van der Waals surface area contributed by atoms with E-state index in [2.05, 4.69) is 22.1 Å². The highest BCUT2D eigenvalue weighted by Gasteiger charge is 2.27.